The van der Waals surface area contributed by atoms with E-state index in [9.17, 15) is 19.8 Å². The highest BCUT2D eigenvalue weighted by atomic mass is 16.5. The van der Waals surface area contributed by atoms with E-state index in [1.54, 1.807) is 0 Å². The van der Waals surface area contributed by atoms with Gasteiger partial charge in [0.05, 0.1) is 37.6 Å². The molecule has 6 heteroatoms. The molecule has 3 rings (SSSR count). The standard InChI is InChI=1S/C34H56O6/c1-4-5-6-7-26-8-10-27(11-9-26)12-13-28-14-15-30-19-31(17-16-29(30)18-28)32(22-39-33(37)24(2)20-35)23-40-34(38)25(3)21-36/h26-32,35-36H,2-23H2,1H3. The van der Waals surface area contributed by atoms with Gasteiger partial charge in [-0.05, 0) is 67.6 Å². The number of unbranched alkanes of at least 4 members (excludes halogenated alkanes) is 2. The van der Waals surface area contributed by atoms with Gasteiger partial charge in [0, 0.05) is 5.92 Å². The average Bonchev–Trinajstić information content (AvgIpc) is 2.99. The molecule has 3 aliphatic rings. The zero-order chi connectivity index (χ0) is 28.9. The second-order valence-electron chi connectivity index (χ2n) is 13.2. The van der Waals surface area contributed by atoms with E-state index < -0.39 is 25.2 Å². The molecule has 0 saturated heterocycles. The molecule has 0 aromatic carbocycles. The van der Waals surface area contributed by atoms with Crippen molar-refractivity contribution in [1.82, 2.24) is 0 Å². The number of hydrogen-bond acceptors (Lipinski definition) is 6. The van der Waals surface area contributed by atoms with Gasteiger partial charge in [0.15, 0.2) is 0 Å². The number of carbonyl (C=O) groups excluding carboxylic acids is 2. The number of rotatable bonds is 16. The van der Waals surface area contributed by atoms with E-state index in [0.717, 1.165) is 36.5 Å². The number of ether oxygens (including phenoxy) is 2. The summed E-state index contributed by atoms with van der Waals surface area (Å²) in [5.41, 5.74) is 0.0397. The Morgan fingerprint density at radius 1 is 0.700 bits per heavy atom. The molecule has 40 heavy (non-hydrogen) atoms. The fraction of sp³-hybridized carbons (Fsp3) is 0.824. The molecular weight excluding hydrogens is 504 g/mol. The monoisotopic (exact) mass is 560 g/mol. The highest BCUT2D eigenvalue weighted by Gasteiger charge is 2.39. The van der Waals surface area contributed by atoms with Crippen molar-refractivity contribution >= 4 is 11.9 Å². The maximum absolute atomic E-state index is 12.1. The van der Waals surface area contributed by atoms with Crippen molar-refractivity contribution in [2.45, 2.75) is 110 Å². The van der Waals surface area contributed by atoms with Crippen LogP contribution < -0.4 is 0 Å². The topological polar surface area (TPSA) is 93.1 Å². The molecule has 3 aliphatic carbocycles. The SMILES string of the molecule is C=C(CO)C(=O)OCC(COC(=O)C(=C)CO)C1CCC2CC(CCC3CCC(CCCCC)CC3)CCC2C1. The number of fused-ring (bicyclic) bond motifs is 1. The first-order valence-electron chi connectivity index (χ1n) is 16.3. The summed E-state index contributed by atoms with van der Waals surface area (Å²) < 4.78 is 10.9. The Balaban J connectivity index is 1.44. The number of esters is 2. The van der Waals surface area contributed by atoms with Gasteiger partial charge >= 0.3 is 11.9 Å². The van der Waals surface area contributed by atoms with E-state index >= 15 is 0 Å². The van der Waals surface area contributed by atoms with Gasteiger partial charge in [-0.3, -0.25) is 0 Å². The lowest BCUT2D eigenvalue weighted by molar-refractivity contribution is -0.146. The maximum atomic E-state index is 12.1. The Labute approximate surface area is 243 Å². The van der Waals surface area contributed by atoms with Crippen LogP contribution in [0.1, 0.15) is 110 Å². The minimum Gasteiger partial charge on any atom is -0.462 e. The van der Waals surface area contributed by atoms with Gasteiger partial charge in [-0.15, -0.1) is 0 Å². The normalized spacial score (nSPS) is 28.5. The lowest BCUT2D eigenvalue weighted by atomic mass is 9.62. The molecule has 6 nitrogen and oxygen atoms in total. The first-order valence-corrected chi connectivity index (χ1v) is 16.3. The number of hydrogen-bond donors (Lipinski definition) is 2. The van der Waals surface area contributed by atoms with E-state index in [1.165, 1.54) is 89.9 Å². The first kappa shape index (κ1) is 32.8. The van der Waals surface area contributed by atoms with Crippen LogP contribution in [-0.4, -0.2) is 48.6 Å². The summed E-state index contributed by atoms with van der Waals surface area (Å²) >= 11 is 0. The van der Waals surface area contributed by atoms with Crippen molar-refractivity contribution in [1.29, 1.82) is 0 Å². The van der Waals surface area contributed by atoms with Crippen molar-refractivity contribution in [3.8, 4) is 0 Å². The van der Waals surface area contributed by atoms with Gasteiger partial charge in [-0.2, -0.15) is 0 Å². The molecule has 0 heterocycles. The highest BCUT2D eigenvalue weighted by Crippen LogP contribution is 2.48. The van der Waals surface area contributed by atoms with Crippen LogP contribution in [0.15, 0.2) is 24.3 Å². The van der Waals surface area contributed by atoms with Crippen LogP contribution in [0.3, 0.4) is 0 Å². The maximum Gasteiger partial charge on any atom is 0.335 e. The molecular formula is C34H56O6. The third-order valence-electron chi connectivity index (χ3n) is 10.4. The fourth-order valence-electron chi connectivity index (χ4n) is 7.70. The van der Waals surface area contributed by atoms with Gasteiger partial charge in [-0.25, -0.2) is 9.59 Å². The second-order valence-corrected chi connectivity index (χ2v) is 13.2. The molecule has 4 unspecified atom stereocenters. The lowest BCUT2D eigenvalue weighted by Crippen LogP contribution is -2.37. The van der Waals surface area contributed by atoms with Crippen LogP contribution in [-0.2, 0) is 19.1 Å². The van der Waals surface area contributed by atoms with Crippen molar-refractivity contribution in [3.63, 3.8) is 0 Å². The van der Waals surface area contributed by atoms with Gasteiger partial charge in [-0.1, -0.05) is 90.7 Å². The Bertz CT molecular complexity index is 781. The molecule has 228 valence electrons. The summed E-state index contributed by atoms with van der Waals surface area (Å²) in [5, 5.41) is 18.4. The number of aliphatic hydroxyl groups excluding tert-OH is 2. The van der Waals surface area contributed by atoms with Crippen LogP contribution in [0.2, 0.25) is 0 Å². The van der Waals surface area contributed by atoms with E-state index in [-0.39, 0.29) is 30.3 Å². The molecule has 0 amide bonds. The van der Waals surface area contributed by atoms with Gasteiger partial charge < -0.3 is 19.7 Å². The van der Waals surface area contributed by atoms with Crippen LogP contribution in [0, 0.1) is 41.4 Å². The lowest BCUT2D eigenvalue weighted by Gasteiger charge is -2.44. The molecule has 0 bridgehead atoms. The van der Waals surface area contributed by atoms with Gasteiger partial charge in [0.2, 0.25) is 0 Å². The molecule has 0 aliphatic heterocycles. The predicted molar refractivity (Wildman–Crippen MR) is 158 cm³/mol. The molecule has 0 radical (unpaired) electrons. The molecule has 0 aromatic heterocycles. The Hall–Kier alpha value is -1.66. The van der Waals surface area contributed by atoms with E-state index in [0.29, 0.717) is 11.8 Å². The van der Waals surface area contributed by atoms with Crippen molar-refractivity contribution < 1.29 is 29.3 Å². The Morgan fingerprint density at radius 3 is 1.77 bits per heavy atom. The number of carbonyl (C=O) groups is 2. The summed E-state index contributed by atoms with van der Waals surface area (Å²) in [5.74, 6) is 3.22. The second kappa shape index (κ2) is 17.3. The van der Waals surface area contributed by atoms with E-state index in [2.05, 4.69) is 20.1 Å². The zero-order valence-electron chi connectivity index (χ0n) is 25.1. The van der Waals surface area contributed by atoms with E-state index in [4.69, 9.17) is 9.47 Å². The predicted octanol–water partition coefficient (Wildman–Crippen LogP) is 6.79. The summed E-state index contributed by atoms with van der Waals surface area (Å²) in [6.45, 7) is 8.76. The smallest absolute Gasteiger partial charge is 0.335 e. The van der Waals surface area contributed by atoms with Crippen molar-refractivity contribution in [2.24, 2.45) is 41.4 Å². The van der Waals surface area contributed by atoms with Gasteiger partial charge in [0.25, 0.3) is 0 Å². The largest absolute Gasteiger partial charge is 0.462 e. The van der Waals surface area contributed by atoms with Crippen LogP contribution in [0.5, 0.6) is 0 Å². The van der Waals surface area contributed by atoms with E-state index in [1.807, 2.05) is 0 Å². The Kier molecular flexibility index (Phi) is 14.2. The molecule has 3 fully saturated rings. The van der Waals surface area contributed by atoms with Crippen molar-refractivity contribution in [2.75, 3.05) is 26.4 Å². The highest BCUT2D eigenvalue weighted by molar-refractivity contribution is 5.88. The third kappa shape index (κ3) is 10.3. The number of aliphatic hydroxyl groups is 2. The Morgan fingerprint density at radius 2 is 1.20 bits per heavy atom. The van der Waals surface area contributed by atoms with Crippen LogP contribution in [0.4, 0.5) is 0 Å². The molecule has 0 aromatic rings. The zero-order valence-corrected chi connectivity index (χ0v) is 25.1. The quantitative estimate of drug-likeness (QED) is 0.123. The van der Waals surface area contributed by atoms with Crippen LogP contribution in [0.25, 0.3) is 0 Å². The summed E-state index contributed by atoms with van der Waals surface area (Å²) in [4.78, 5) is 24.3. The summed E-state index contributed by atoms with van der Waals surface area (Å²) in [6, 6.07) is 0. The van der Waals surface area contributed by atoms with Gasteiger partial charge in [0.1, 0.15) is 0 Å². The molecule has 2 N–H and O–H groups in total. The summed E-state index contributed by atoms with van der Waals surface area (Å²) in [7, 11) is 0. The first-order chi connectivity index (χ1) is 19.3. The molecule has 3 saturated carbocycles. The average molecular weight is 561 g/mol. The minimum atomic E-state index is -0.613. The van der Waals surface area contributed by atoms with Crippen molar-refractivity contribution in [3.05, 3.63) is 24.3 Å². The molecule has 0 spiro atoms. The molecule has 4 atom stereocenters. The third-order valence-corrected chi connectivity index (χ3v) is 10.4. The minimum absolute atomic E-state index is 0.0199. The summed E-state index contributed by atoms with van der Waals surface area (Å²) in [6.07, 6.45) is 21.5. The van der Waals surface area contributed by atoms with Crippen LogP contribution >= 0.6 is 0 Å². The fourth-order valence-corrected chi connectivity index (χ4v) is 7.70.